The second kappa shape index (κ2) is 2.02. The fourth-order valence-electron chi connectivity index (χ4n) is 0.797. The van der Waals surface area contributed by atoms with Crippen LogP contribution in [-0.2, 0) is 4.79 Å². The predicted molar refractivity (Wildman–Crippen MR) is 37.9 cm³/mol. The van der Waals surface area contributed by atoms with Crippen LogP contribution in [0.5, 0.6) is 0 Å². The molecular weight excluding hydrogens is 150 g/mol. The van der Waals surface area contributed by atoms with Crippen molar-refractivity contribution < 1.29 is 4.79 Å². The quantitative estimate of drug-likeness (QED) is 0.572. The minimum Gasteiger partial charge on any atom is -0.322 e. The highest BCUT2D eigenvalue weighted by Gasteiger charge is 2.15. The molecule has 52 valence electrons. The van der Waals surface area contributed by atoms with Gasteiger partial charge in [0, 0.05) is 0 Å². The van der Waals surface area contributed by atoms with Gasteiger partial charge in [-0.25, -0.2) is 0 Å². The number of aromatic amines is 1. The molecule has 1 aromatic heterocycles. The SMILES string of the molecule is O=C1CSc2[nH]ncc2N1. The summed E-state index contributed by atoms with van der Waals surface area (Å²) in [6.07, 6.45) is 1.61. The van der Waals surface area contributed by atoms with Crippen molar-refractivity contribution in [1.29, 1.82) is 0 Å². The highest BCUT2D eigenvalue weighted by Crippen LogP contribution is 2.27. The van der Waals surface area contributed by atoms with E-state index in [1.165, 1.54) is 11.8 Å². The average Bonchev–Trinajstić information content (AvgIpc) is 2.33. The number of aromatic nitrogens is 2. The summed E-state index contributed by atoms with van der Waals surface area (Å²) in [4.78, 5) is 10.8. The Morgan fingerprint density at radius 2 is 2.60 bits per heavy atom. The number of anilines is 1. The van der Waals surface area contributed by atoms with Gasteiger partial charge >= 0.3 is 0 Å². The number of nitrogens with one attached hydrogen (secondary N) is 2. The van der Waals surface area contributed by atoms with Crippen LogP contribution in [0, 0.1) is 0 Å². The fraction of sp³-hybridized carbons (Fsp3) is 0.200. The third-order valence-corrected chi connectivity index (χ3v) is 2.23. The van der Waals surface area contributed by atoms with Crippen LogP contribution < -0.4 is 5.32 Å². The lowest BCUT2D eigenvalue weighted by atomic mass is 10.5. The lowest BCUT2D eigenvalue weighted by Gasteiger charge is -2.09. The molecular formula is C5H5N3OS. The molecule has 2 heterocycles. The van der Waals surface area contributed by atoms with Gasteiger partial charge in [-0.15, -0.1) is 0 Å². The van der Waals surface area contributed by atoms with Gasteiger partial charge < -0.3 is 5.32 Å². The molecule has 0 unspecified atom stereocenters. The third-order valence-electron chi connectivity index (χ3n) is 1.23. The van der Waals surface area contributed by atoms with Crippen LogP contribution in [-0.4, -0.2) is 21.9 Å². The molecule has 0 saturated heterocycles. The molecule has 1 aliphatic rings. The molecule has 1 aromatic rings. The van der Waals surface area contributed by atoms with Crippen LogP contribution in [0.1, 0.15) is 0 Å². The monoisotopic (exact) mass is 155 g/mol. The van der Waals surface area contributed by atoms with E-state index in [0.29, 0.717) is 5.75 Å². The van der Waals surface area contributed by atoms with Gasteiger partial charge in [-0.05, 0) is 0 Å². The zero-order chi connectivity index (χ0) is 6.97. The van der Waals surface area contributed by atoms with Crippen molar-refractivity contribution in [3.63, 3.8) is 0 Å². The number of hydrogen-bond acceptors (Lipinski definition) is 3. The normalized spacial score (nSPS) is 16.2. The van der Waals surface area contributed by atoms with Crippen LogP contribution in [0.4, 0.5) is 5.69 Å². The maximum Gasteiger partial charge on any atom is 0.234 e. The Morgan fingerprint density at radius 1 is 1.70 bits per heavy atom. The summed E-state index contributed by atoms with van der Waals surface area (Å²) in [5, 5.41) is 10.2. The second-order valence-corrected chi connectivity index (χ2v) is 2.94. The van der Waals surface area contributed by atoms with E-state index >= 15 is 0 Å². The number of carbonyl (C=O) groups excluding carboxylic acids is 1. The molecule has 0 radical (unpaired) electrons. The fourth-order valence-corrected chi connectivity index (χ4v) is 1.52. The number of fused-ring (bicyclic) bond motifs is 1. The molecule has 1 aliphatic heterocycles. The number of carbonyl (C=O) groups is 1. The lowest BCUT2D eigenvalue weighted by Crippen LogP contribution is -2.17. The van der Waals surface area contributed by atoms with E-state index in [1.807, 2.05) is 0 Å². The van der Waals surface area contributed by atoms with Gasteiger partial charge in [0.05, 0.1) is 17.6 Å². The summed E-state index contributed by atoms with van der Waals surface area (Å²) >= 11 is 1.47. The molecule has 1 amide bonds. The Labute approximate surface area is 61.4 Å². The molecule has 0 saturated carbocycles. The molecule has 0 atom stereocenters. The zero-order valence-electron chi connectivity index (χ0n) is 5.05. The van der Waals surface area contributed by atoms with Crippen molar-refractivity contribution in [3.05, 3.63) is 6.20 Å². The predicted octanol–water partition coefficient (Wildman–Crippen LogP) is 0.454. The molecule has 2 N–H and O–H groups in total. The van der Waals surface area contributed by atoms with Crippen LogP contribution in [0.2, 0.25) is 0 Å². The number of rotatable bonds is 0. The first-order valence-electron chi connectivity index (χ1n) is 2.82. The smallest absolute Gasteiger partial charge is 0.234 e. The van der Waals surface area contributed by atoms with E-state index in [4.69, 9.17) is 0 Å². The van der Waals surface area contributed by atoms with Gasteiger partial charge in [0.2, 0.25) is 5.91 Å². The summed E-state index contributed by atoms with van der Waals surface area (Å²) < 4.78 is 0. The van der Waals surface area contributed by atoms with Gasteiger partial charge in [0.1, 0.15) is 5.03 Å². The van der Waals surface area contributed by atoms with E-state index < -0.39 is 0 Å². The van der Waals surface area contributed by atoms with Crippen molar-refractivity contribution in [1.82, 2.24) is 10.2 Å². The van der Waals surface area contributed by atoms with Crippen molar-refractivity contribution in [3.8, 4) is 0 Å². The molecule has 0 bridgehead atoms. The van der Waals surface area contributed by atoms with Gasteiger partial charge in [0.25, 0.3) is 0 Å². The Morgan fingerprint density at radius 3 is 3.50 bits per heavy atom. The molecule has 5 heteroatoms. The van der Waals surface area contributed by atoms with E-state index in [1.54, 1.807) is 6.20 Å². The summed E-state index contributed by atoms with van der Waals surface area (Å²) in [6, 6.07) is 0. The Bertz CT molecular complexity index is 270. The minimum atomic E-state index is 0.0406. The van der Waals surface area contributed by atoms with Crippen molar-refractivity contribution in [2.45, 2.75) is 5.03 Å². The van der Waals surface area contributed by atoms with E-state index in [2.05, 4.69) is 15.5 Å². The molecule has 0 aromatic carbocycles. The second-order valence-electron chi connectivity index (χ2n) is 1.95. The Kier molecular flexibility index (Phi) is 1.17. The van der Waals surface area contributed by atoms with Gasteiger partial charge in [-0.2, -0.15) is 5.10 Å². The van der Waals surface area contributed by atoms with Gasteiger partial charge in [0.15, 0.2) is 0 Å². The topological polar surface area (TPSA) is 57.8 Å². The van der Waals surface area contributed by atoms with E-state index in [0.717, 1.165) is 10.7 Å². The summed E-state index contributed by atoms with van der Waals surface area (Å²) in [6.45, 7) is 0. The van der Waals surface area contributed by atoms with Crippen LogP contribution in [0.15, 0.2) is 11.2 Å². The number of thioether (sulfide) groups is 1. The van der Waals surface area contributed by atoms with Crippen LogP contribution >= 0.6 is 11.8 Å². The summed E-state index contributed by atoms with van der Waals surface area (Å²) in [5.41, 5.74) is 0.793. The summed E-state index contributed by atoms with van der Waals surface area (Å²) in [5.74, 6) is 0.522. The maximum absolute atomic E-state index is 10.8. The number of nitrogens with zero attached hydrogens (tertiary/aromatic N) is 1. The first-order chi connectivity index (χ1) is 4.86. The highest BCUT2D eigenvalue weighted by atomic mass is 32.2. The van der Waals surface area contributed by atoms with Crippen LogP contribution in [0.25, 0.3) is 0 Å². The van der Waals surface area contributed by atoms with Crippen molar-refractivity contribution in [2.24, 2.45) is 0 Å². The average molecular weight is 155 g/mol. The van der Waals surface area contributed by atoms with Gasteiger partial charge in [-0.1, -0.05) is 11.8 Å². The standard InChI is InChI=1S/C5H5N3OS/c9-4-2-10-5-3(7-4)1-6-8-5/h1H,2H2,(H,6,8)(H,7,9). The molecule has 4 nitrogen and oxygen atoms in total. The maximum atomic E-state index is 10.8. The minimum absolute atomic E-state index is 0.0406. The van der Waals surface area contributed by atoms with E-state index in [9.17, 15) is 4.79 Å². The Hall–Kier alpha value is -0.970. The largest absolute Gasteiger partial charge is 0.322 e. The molecule has 0 aliphatic carbocycles. The number of hydrogen-bond donors (Lipinski definition) is 2. The van der Waals surface area contributed by atoms with Crippen molar-refractivity contribution >= 4 is 23.4 Å². The number of H-pyrrole nitrogens is 1. The molecule has 10 heavy (non-hydrogen) atoms. The van der Waals surface area contributed by atoms with Crippen LogP contribution in [0.3, 0.4) is 0 Å². The Balaban J connectivity index is 2.39. The van der Waals surface area contributed by atoms with E-state index in [-0.39, 0.29) is 5.91 Å². The molecule has 0 fully saturated rings. The lowest BCUT2D eigenvalue weighted by molar-refractivity contribution is -0.113. The highest BCUT2D eigenvalue weighted by molar-refractivity contribution is 8.00. The molecule has 2 rings (SSSR count). The third kappa shape index (κ3) is 0.786. The number of amides is 1. The van der Waals surface area contributed by atoms with Gasteiger partial charge in [-0.3, -0.25) is 9.89 Å². The zero-order valence-corrected chi connectivity index (χ0v) is 5.86. The van der Waals surface area contributed by atoms with Crippen molar-refractivity contribution in [2.75, 3.05) is 11.1 Å². The summed E-state index contributed by atoms with van der Waals surface area (Å²) in [7, 11) is 0. The first-order valence-corrected chi connectivity index (χ1v) is 3.81. The molecule has 0 spiro atoms. The first kappa shape index (κ1) is 5.79.